The lowest BCUT2D eigenvalue weighted by Crippen LogP contribution is -2.46. The third kappa shape index (κ3) is 2.42. The molecular formula is C10H16N2O3S. The van der Waals surface area contributed by atoms with Crippen molar-refractivity contribution in [1.29, 1.82) is 0 Å². The first-order valence-corrected chi connectivity index (χ1v) is 6.63. The smallest absolute Gasteiger partial charge is 0.317 e. The summed E-state index contributed by atoms with van der Waals surface area (Å²) >= 11 is 1.84. The third-order valence-corrected chi connectivity index (χ3v) is 4.13. The second-order valence-electron chi connectivity index (χ2n) is 4.34. The average Bonchev–Trinajstić information content (AvgIpc) is 3.08. The summed E-state index contributed by atoms with van der Waals surface area (Å²) in [6.45, 7) is 1.79. The van der Waals surface area contributed by atoms with Crippen molar-refractivity contribution in [3.8, 4) is 0 Å². The summed E-state index contributed by atoms with van der Waals surface area (Å²) in [4.78, 5) is 24.4. The topological polar surface area (TPSA) is 69.6 Å². The van der Waals surface area contributed by atoms with Crippen molar-refractivity contribution in [2.24, 2.45) is 5.41 Å². The molecule has 2 fully saturated rings. The van der Waals surface area contributed by atoms with Gasteiger partial charge in [0.2, 0.25) is 0 Å². The standard InChI is InChI=1S/C10H16N2O3S/c13-8(14)10(1-2-10)7-11-9(15)12-3-5-16-6-4-12/h1-7H2,(H,11,15)(H,13,14). The molecule has 6 heteroatoms. The van der Waals surface area contributed by atoms with Crippen LogP contribution in [0.2, 0.25) is 0 Å². The quantitative estimate of drug-likeness (QED) is 0.763. The molecule has 0 spiro atoms. The highest BCUT2D eigenvalue weighted by Crippen LogP contribution is 2.45. The summed E-state index contributed by atoms with van der Waals surface area (Å²) in [5, 5.41) is 11.7. The second-order valence-corrected chi connectivity index (χ2v) is 5.57. The van der Waals surface area contributed by atoms with E-state index < -0.39 is 11.4 Å². The predicted octanol–water partition coefficient (Wildman–Crippen LogP) is 0.610. The Bertz CT molecular complexity index is 298. The molecule has 5 nitrogen and oxygen atoms in total. The van der Waals surface area contributed by atoms with E-state index in [9.17, 15) is 9.59 Å². The van der Waals surface area contributed by atoms with Crippen LogP contribution in [0.15, 0.2) is 0 Å². The molecule has 90 valence electrons. The molecule has 1 saturated heterocycles. The van der Waals surface area contributed by atoms with Crippen LogP contribution in [-0.2, 0) is 4.79 Å². The monoisotopic (exact) mass is 244 g/mol. The number of carbonyl (C=O) groups excluding carboxylic acids is 1. The molecule has 0 aromatic carbocycles. The van der Waals surface area contributed by atoms with E-state index >= 15 is 0 Å². The zero-order valence-electron chi connectivity index (χ0n) is 9.07. The molecule has 0 bridgehead atoms. The molecule has 1 heterocycles. The van der Waals surface area contributed by atoms with Crippen LogP contribution in [-0.4, -0.2) is 53.1 Å². The maximum atomic E-state index is 11.7. The van der Waals surface area contributed by atoms with Crippen LogP contribution in [0.1, 0.15) is 12.8 Å². The Balaban J connectivity index is 1.77. The minimum Gasteiger partial charge on any atom is -0.481 e. The Labute approximate surface area is 98.6 Å². The van der Waals surface area contributed by atoms with Crippen molar-refractivity contribution >= 4 is 23.8 Å². The lowest BCUT2D eigenvalue weighted by Gasteiger charge is -2.27. The van der Waals surface area contributed by atoms with Crippen molar-refractivity contribution in [1.82, 2.24) is 10.2 Å². The number of rotatable bonds is 3. The second kappa shape index (κ2) is 4.53. The van der Waals surface area contributed by atoms with E-state index in [2.05, 4.69) is 5.32 Å². The average molecular weight is 244 g/mol. The van der Waals surface area contributed by atoms with Gasteiger partial charge in [-0.15, -0.1) is 0 Å². The van der Waals surface area contributed by atoms with Gasteiger partial charge in [0.15, 0.2) is 0 Å². The Morgan fingerprint density at radius 1 is 1.31 bits per heavy atom. The molecule has 2 amide bonds. The zero-order valence-corrected chi connectivity index (χ0v) is 9.89. The number of carboxylic acids is 1. The first-order valence-electron chi connectivity index (χ1n) is 5.48. The SMILES string of the molecule is O=C(NCC1(C(=O)O)CC1)N1CCSCC1. The molecule has 0 radical (unpaired) electrons. The summed E-state index contributed by atoms with van der Waals surface area (Å²) < 4.78 is 0. The number of amides is 2. The van der Waals surface area contributed by atoms with Gasteiger partial charge in [0, 0.05) is 31.1 Å². The number of urea groups is 1. The summed E-state index contributed by atoms with van der Waals surface area (Å²) in [6, 6.07) is -0.118. The zero-order chi connectivity index (χ0) is 11.6. The summed E-state index contributed by atoms with van der Waals surface area (Å²) in [7, 11) is 0. The Morgan fingerprint density at radius 3 is 2.44 bits per heavy atom. The van der Waals surface area contributed by atoms with E-state index in [1.807, 2.05) is 11.8 Å². The van der Waals surface area contributed by atoms with Crippen molar-refractivity contribution < 1.29 is 14.7 Å². The van der Waals surface area contributed by atoms with Gasteiger partial charge in [-0.3, -0.25) is 4.79 Å². The number of nitrogens with zero attached hydrogens (tertiary/aromatic N) is 1. The third-order valence-electron chi connectivity index (χ3n) is 3.18. The first kappa shape index (κ1) is 11.6. The summed E-state index contributed by atoms with van der Waals surface area (Å²) in [5.41, 5.74) is -0.666. The van der Waals surface area contributed by atoms with Crippen LogP contribution in [0.5, 0.6) is 0 Å². The molecule has 2 N–H and O–H groups in total. The minimum absolute atomic E-state index is 0.118. The van der Waals surface area contributed by atoms with Gasteiger partial charge >= 0.3 is 12.0 Å². The van der Waals surface area contributed by atoms with Crippen LogP contribution in [0, 0.1) is 5.41 Å². The van der Waals surface area contributed by atoms with Crippen molar-refractivity contribution in [2.75, 3.05) is 31.1 Å². The number of nitrogens with one attached hydrogen (secondary N) is 1. The van der Waals surface area contributed by atoms with Gasteiger partial charge in [-0.25, -0.2) is 4.79 Å². The number of thioether (sulfide) groups is 1. The maximum Gasteiger partial charge on any atom is 0.317 e. The highest BCUT2D eigenvalue weighted by Gasteiger charge is 2.50. The highest BCUT2D eigenvalue weighted by molar-refractivity contribution is 7.99. The fourth-order valence-corrected chi connectivity index (χ4v) is 2.64. The van der Waals surface area contributed by atoms with E-state index in [-0.39, 0.29) is 12.6 Å². The summed E-state index contributed by atoms with van der Waals surface area (Å²) in [6.07, 6.45) is 1.36. The minimum atomic E-state index is -0.790. The van der Waals surface area contributed by atoms with E-state index in [0.717, 1.165) is 24.6 Å². The van der Waals surface area contributed by atoms with Crippen LogP contribution in [0.3, 0.4) is 0 Å². The van der Waals surface area contributed by atoms with Crippen molar-refractivity contribution in [3.05, 3.63) is 0 Å². The van der Waals surface area contributed by atoms with E-state index in [4.69, 9.17) is 5.11 Å². The summed E-state index contributed by atoms with van der Waals surface area (Å²) in [5.74, 6) is 1.15. The van der Waals surface area contributed by atoms with Crippen LogP contribution < -0.4 is 5.32 Å². The van der Waals surface area contributed by atoms with Gasteiger partial charge in [-0.1, -0.05) is 0 Å². The molecule has 1 aliphatic heterocycles. The van der Waals surface area contributed by atoms with E-state index in [1.165, 1.54) is 0 Å². The van der Waals surface area contributed by atoms with Crippen LogP contribution in [0.4, 0.5) is 4.79 Å². The maximum absolute atomic E-state index is 11.7. The lowest BCUT2D eigenvalue weighted by molar-refractivity contribution is -0.143. The largest absolute Gasteiger partial charge is 0.481 e. The first-order chi connectivity index (χ1) is 7.64. The number of carboxylic acid groups (broad SMARTS) is 1. The van der Waals surface area contributed by atoms with Crippen LogP contribution in [0.25, 0.3) is 0 Å². The molecule has 2 rings (SSSR count). The molecule has 16 heavy (non-hydrogen) atoms. The molecule has 0 aromatic rings. The molecule has 1 aliphatic carbocycles. The molecular weight excluding hydrogens is 228 g/mol. The van der Waals surface area contributed by atoms with Crippen molar-refractivity contribution in [3.63, 3.8) is 0 Å². The van der Waals surface area contributed by atoms with Crippen LogP contribution >= 0.6 is 11.8 Å². The van der Waals surface area contributed by atoms with Gasteiger partial charge in [0.25, 0.3) is 0 Å². The van der Waals surface area contributed by atoms with E-state index in [0.29, 0.717) is 12.8 Å². The number of hydrogen-bond donors (Lipinski definition) is 2. The van der Waals surface area contributed by atoms with Gasteiger partial charge in [-0.05, 0) is 12.8 Å². The Morgan fingerprint density at radius 2 is 1.94 bits per heavy atom. The fraction of sp³-hybridized carbons (Fsp3) is 0.800. The molecule has 1 saturated carbocycles. The normalized spacial score (nSPS) is 22.6. The number of carbonyl (C=O) groups is 2. The van der Waals surface area contributed by atoms with Gasteiger partial charge < -0.3 is 15.3 Å². The number of aliphatic carboxylic acids is 1. The lowest BCUT2D eigenvalue weighted by atomic mass is 10.1. The number of hydrogen-bond acceptors (Lipinski definition) is 3. The highest BCUT2D eigenvalue weighted by atomic mass is 32.2. The predicted molar refractivity (Wildman–Crippen MR) is 61.6 cm³/mol. The molecule has 0 unspecified atom stereocenters. The van der Waals surface area contributed by atoms with Crippen molar-refractivity contribution in [2.45, 2.75) is 12.8 Å². The molecule has 0 atom stereocenters. The Kier molecular flexibility index (Phi) is 3.28. The molecule has 2 aliphatic rings. The van der Waals surface area contributed by atoms with Gasteiger partial charge in [-0.2, -0.15) is 11.8 Å². The fourth-order valence-electron chi connectivity index (χ4n) is 1.74. The Hall–Kier alpha value is -0.910. The molecule has 0 aromatic heterocycles. The van der Waals surface area contributed by atoms with Gasteiger partial charge in [0.05, 0.1) is 5.41 Å². The van der Waals surface area contributed by atoms with Gasteiger partial charge in [0.1, 0.15) is 0 Å². The van der Waals surface area contributed by atoms with E-state index in [1.54, 1.807) is 4.90 Å².